The van der Waals surface area contributed by atoms with E-state index in [9.17, 15) is 10.1 Å². The van der Waals surface area contributed by atoms with Crippen LogP contribution in [0.5, 0.6) is 5.75 Å². The summed E-state index contributed by atoms with van der Waals surface area (Å²) in [4.78, 5) is 12.7. The van der Waals surface area contributed by atoms with Crippen molar-refractivity contribution in [1.29, 1.82) is 5.26 Å². The predicted molar refractivity (Wildman–Crippen MR) is 95.1 cm³/mol. The molecule has 1 amide bonds. The highest BCUT2D eigenvalue weighted by atomic mass is 16.5. The third-order valence-electron chi connectivity index (χ3n) is 3.57. The van der Waals surface area contributed by atoms with Crippen LogP contribution in [0.3, 0.4) is 0 Å². The zero-order valence-electron chi connectivity index (χ0n) is 15.3. The number of carbonyl (C=O) groups excluding carboxylic acids is 1. The first-order valence-corrected chi connectivity index (χ1v) is 8.48. The average molecular weight is 332 g/mol. The topological polar surface area (TPSA) is 71.3 Å². The summed E-state index contributed by atoms with van der Waals surface area (Å²) in [7, 11) is 0. The summed E-state index contributed by atoms with van der Waals surface area (Å²) in [5.41, 5.74) is -0.0751. The lowest BCUT2D eigenvalue weighted by atomic mass is 9.93. The van der Waals surface area contributed by atoms with E-state index in [4.69, 9.17) is 9.47 Å². The lowest BCUT2D eigenvalue weighted by Gasteiger charge is -2.30. The molecule has 0 spiro atoms. The van der Waals surface area contributed by atoms with Crippen LogP contribution < -0.4 is 10.1 Å². The maximum atomic E-state index is 12.7. The van der Waals surface area contributed by atoms with Gasteiger partial charge in [0, 0.05) is 6.61 Å². The molecule has 0 unspecified atom stereocenters. The number of amides is 1. The molecule has 0 aromatic heterocycles. The molecule has 24 heavy (non-hydrogen) atoms. The van der Waals surface area contributed by atoms with Crippen molar-refractivity contribution in [2.75, 3.05) is 18.5 Å². The van der Waals surface area contributed by atoms with E-state index in [-0.39, 0.29) is 5.91 Å². The summed E-state index contributed by atoms with van der Waals surface area (Å²) < 4.78 is 11.2. The lowest BCUT2D eigenvalue weighted by molar-refractivity contribution is -0.140. The van der Waals surface area contributed by atoms with Crippen LogP contribution in [0, 0.1) is 17.2 Å². The van der Waals surface area contributed by atoms with Gasteiger partial charge in [0.15, 0.2) is 0 Å². The minimum absolute atomic E-state index is 0.239. The van der Waals surface area contributed by atoms with Crippen LogP contribution >= 0.6 is 0 Å². The fourth-order valence-electron chi connectivity index (χ4n) is 2.60. The van der Waals surface area contributed by atoms with E-state index in [0.29, 0.717) is 42.6 Å². The van der Waals surface area contributed by atoms with E-state index in [2.05, 4.69) is 11.4 Å². The molecule has 1 atom stereocenters. The van der Waals surface area contributed by atoms with Crippen molar-refractivity contribution in [2.24, 2.45) is 5.92 Å². The number of nitrogens with zero attached hydrogens (tertiary/aromatic N) is 1. The highest BCUT2D eigenvalue weighted by Crippen LogP contribution is 2.26. The number of nitrogens with one attached hydrogen (secondary N) is 1. The molecule has 0 fully saturated rings. The van der Waals surface area contributed by atoms with E-state index in [1.807, 2.05) is 27.7 Å². The molecule has 132 valence electrons. The summed E-state index contributed by atoms with van der Waals surface area (Å²) in [6.45, 7) is 10.8. The second-order valence-corrected chi connectivity index (χ2v) is 6.38. The van der Waals surface area contributed by atoms with Crippen LogP contribution in [0.25, 0.3) is 0 Å². The van der Waals surface area contributed by atoms with Gasteiger partial charge in [0.1, 0.15) is 17.4 Å². The van der Waals surface area contributed by atoms with E-state index < -0.39 is 5.60 Å². The van der Waals surface area contributed by atoms with Crippen LogP contribution in [-0.2, 0) is 9.53 Å². The number of nitriles is 1. The number of anilines is 1. The molecule has 5 heteroatoms. The molecule has 0 saturated heterocycles. The molecule has 0 saturated carbocycles. The van der Waals surface area contributed by atoms with Crippen molar-refractivity contribution in [1.82, 2.24) is 0 Å². The maximum absolute atomic E-state index is 12.7. The third-order valence-corrected chi connectivity index (χ3v) is 3.57. The number of carbonyl (C=O) groups is 1. The van der Waals surface area contributed by atoms with Crippen LogP contribution in [0.2, 0.25) is 0 Å². The zero-order valence-corrected chi connectivity index (χ0v) is 15.3. The average Bonchev–Trinajstić information content (AvgIpc) is 2.53. The Morgan fingerprint density at radius 2 is 2.08 bits per heavy atom. The van der Waals surface area contributed by atoms with Gasteiger partial charge in [0.2, 0.25) is 0 Å². The Balaban J connectivity index is 2.97. The summed E-state index contributed by atoms with van der Waals surface area (Å²) in [6, 6.07) is 7.21. The van der Waals surface area contributed by atoms with Gasteiger partial charge in [-0.25, -0.2) is 0 Å². The smallest absolute Gasteiger partial charge is 0.256 e. The minimum Gasteiger partial charge on any atom is -0.494 e. The Bertz CT molecular complexity index is 593. The van der Waals surface area contributed by atoms with E-state index in [1.54, 1.807) is 25.1 Å². The van der Waals surface area contributed by atoms with Crippen LogP contribution in [-0.4, -0.2) is 24.7 Å². The monoisotopic (exact) mass is 332 g/mol. The molecule has 0 aliphatic rings. The quantitative estimate of drug-likeness (QED) is 0.738. The largest absolute Gasteiger partial charge is 0.494 e. The molecule has 0 bridgehead atoms. The second kappa shape index (κ2) is 9.29. The molecule has 0 aliphatic heterocycles. The van der Waals surface area contributed by atoms with Crippen LogP contribution in [0.1, 0.15) is 53.0 Å². The minimum atomic E-state index is -0.924. The Labute approximate surface area is 145 Å². The summed E-state index contributed by atoms with van der Waals surface area (Å²) >= 11 is 0. The molecule has 1 N–H and O–H groups in total. The van der Waals surface area contributed by atoms with Gasteiger partial charge >= 0.3 is 0 Å². The van der Waals surface area contributed by atoms with Crippen LogP contribution in [0.4, 0.5) is 5.69 Å². The predicted octanol–water partition coefficient (Wildman–Crippen LogP) is 4.13. The third kappa shape index (κ3) is 5.54. The van der Waals surface area contributed by atoms with Crippen molar-refractivity contribution < 1.29 is 14.3 Å². The molecule has 0 heterocycles. The normalized spacial score (nSPS) is 13.2. The molecular formula is C19H28N2O3. The molecule has 0 radical (unpaired) electrons. The van der Waals surface area contributed by atoms with Gasteiger partial charge in [0.05, 0.1) is 17.9 Å². The van der Waals surface area contributed by atoms with Gasteiger partial charge in [-0.3, -0.25) is 4.79 Å². The standard InChI is InChI=1S/C19H28N2O3/c1-6-10-23-16-8-9-17(15(11-16)13-20)21-18(22)19(5,24-7-2)12-14(3)4/h8-9,11,14H,6-7,10,12H2,1-5H3,(H,21,22)/t19-/m1/s1. The SMILES string of the molecule is CCCOc1ccc(NC(=O)[C@@](C)(CC(C)C)OCC)c(C#N)c1. The molecular weight excluding hydrogens is 304 g/mol. The number of benzene rings is 1. The van der Waals surface area contributed by atoms with Crippen molar-refractivity contribution >= 4 is 11.6 Å². The van der Waals surface area contributed by atoms with Crippen LogP contribution in [0.15, 0.2) is 18.2 Å². The highest BCUT2D eigenvalue weighted by molar-refractivity contribution is 5.98. The second-order valence-electron chi connectivity index (χ2n) is 6.38. The Morgan fingerprint density at radius 3 is 2.62 bits per heavy atom. The van der Waals surface area contributed by atoms with Gasteiger partial charge < -0.3 is 14.8 Å². The van der Waals surface area contributed by atoms with Gasteiger partial charge in [0.25, 0.3) is 5.91 Å². The molecule has 0 aliphatic carbocycles. The van der Waals surface area contributed by atoms with Crippen molar-refractivity contribution in [2.45, 2.75) is 53.1 Å². The Morgan fingerprint density at radius 1 is 1.38 bits per heavy atom. The van der Waals surface area contributed by atoms with Crippen molar-refractivity contribution in [3.63, 3.8) is 0 Å². The van der Waals surface area contributed by atoms with E-state index in [1.165, 1.54) is 0 Å². The Hall–Kier alpha value is -2.06. The van der Waals surface area contributed by atoms with Gasteiger partial charge in [-0.05, 0) is 50.8 Å². The lowest BCUT2D eigenvalue weighted by Crippen LogP contribution is -2.44. The van der Waals surface area contributed by atoms with E-state index >= 15 is 0 Å². The first-order valence-electron chi connectivity index (χ1n) is 8.48. The summed E-state index contributed by atoms with van der Waals surface area (Å²) in [6.07, 6.45) is 1.49. The fraction of sp³-hybridized carbons (Fsp3) is 0.579. The molecule has 1 aromatic rings. The number of hydrogen-bond acceptors (Lipinski definition) is 4. The van der Waals surface area contributed by atoms with Gasteiger partial charge in [-0.1, -0.05) is 20.8 Å². The first-order chi connectivity index (χ1) is 11.4. The number of hydrogen-bond donors (Lipinski definition) is 1. The zero-order chi connectivity index (χ0) is 18.2. The fourth-order valence-corrected chi connectivity index (χ4v) is 2.60. The number of rotatable bonds is 9. The van der Waals surface area contributed by atoms with Crippen molar-refractivity contribution in [3.05, 3.63) is 23.8 Å². The van der Waals surface area contributed by atoms with Crippen molar-refractivity contribution in [3.8, 4) is 11.8 Å². The summed E-state index contributed by atoms with van der Waals surface area (Å²) in [5.74, 6) is 0.700. The first kappa shape index (κ1) is 20.0. The molecule has 1 aromatic carbocycles. The molecule has 1 rings (SSSR count). The molecule has 5 nitrogen and oxygen atoms in total. The maximum Gasteiger partial charge on any atom is 0.256 e. The number of ether oxygens (including phenoxy) is 2. The summed E-state index contributed by atoms with van der Waals surface area (Å²) in [5, 5.41) is 12.2. The highest BCUT2D eigenvalue weighted by Gasteiger charge is 2.35. The van der Waals surface area contributed by atoms with E-state index in [0.717, 1.165) is 6.42 Å². The Kier molecular flexibility index (Phi) is 7.73. The van der Waals surface area contributed by atoms with Gasteiger partial charge in [-0.2, -0.15) is 5.26 Å². The van der Waals surface area contributed by atoms with Gasteiger partial charge in [-0.15, -0.1) is 0 Å².